The predicted octanol–water partition coefficient (Wildman–Crippen LogP) is 9.91. The zero-order chi connectivity index (χ0) is 26.5. The Labute approximate surface area is 217 Å². The van der Waals surface area contributed by atoms with Crippen LogP contribution in [0.4, 0.5) is 0 Å². The molecule has 3 nitrogen and oxygen atoms in total. The number of methoxy groups -OCH3 is 1. The molecule has 198 valence electrons. The van der Waals surface area contributed by atoms with Gasteiger partial charge in [-0.1, -0.05) is 92.2 Å². The highest BCUT2D eigenvalue weighted by atomic mass is 16.5. The third-order valence-corrected chi connectivity index (χ3v) is 5.59. The molecule has 0 atom stereocenters. The average Bonchev–Trinajstić information content (AvgIpc) is 2.85. The molecule has 0 saturated carbocycles. The second-order valence-corrected chi connectivity index (χ2v) is 9.50. The molecule has 0 unspecified atom stereocenters. The molecule has 1 heterocycles. The summed E-state index contributed by atoms with van der Waals surface area (Å²) in [7, 11) is 1.65. The molecule has 0 spiro atoms. The summed E-state index contributed by atoms with van der Waals surface area (Å²) in [5.41, 5.74) is 3.53. The largest absolute Gasteiger partial charge is 0.495 e. The predicted molar refractivity (Wildman–Crippen MR) is 154 cm³/mol. The highest BCUT2D eigenvalue weighted by molar-refractivity contribution is 5.37. The molecule has 1 aromatic carbocycles. The minimum absolute atomic E-state index is 0.793. The fourth-order valence-electron chi connectivity index (χ4n) is 3.24. The van der Waals surface area contributed by atoms with Gasteiger partial charge >= 0.3 is 0 Å². The third-order valence-electron chi connectivity index (χ3n) is 5.59. The van der Waals surface area contributed by atoms with Gasteiger partial charge in [-0.3, -0.25) is 4.98 Å². The van der Waals surface area contributed by atoms with Crippen LogP contribution < -0.4 is 9.47 Å². The molecule has 0 N–H and O–H groups in total. The Morgan fingerprint density at radius 2 is 1.66 bits per heavy atom. The molecule has 0 aliphatic carbocycles. The van der Waals surface area contributed by atoms with Gasteiger partial charge in [0.15, 0.2) is 0 Å². The number of allylic oxidation sites excluding steroid dienone is 2. The molecule has 0 fully saturated rings. The lowest BCUT2D eigenvalue weighted by Gasteiger charge is -2.11. The zero-order valence-corrected chi connectivity index (χ0v) is 24.2. The van der Waals surface area contributed by atoms with Crippen LogP contribution >= 0.6 is 0 Å². The summed E-state index contributed by atoms with van der Waals surface area (Å²) < 4.78 is 11.0. The Morgan fingerprint density at radius 1 is 0.943 bits per heavy atom. The van der Waals surface area contributed by atoms with Crippen LogP contribution in [-0.2, 0) is 12.8 Å². The van der Waals surface area contributed by atoms with Gasteiger partial charge in [0.1, 0.15) is 11.5 Å². The van der Waals surface area contributed by atoms with Crippen LogP contribution in [-0.4, -0.2) is 12.1 Å². The van der Waals surface area contributed by atoms with Crippen LogP contribution in [0.1, 0.15) is 110 Å². The van der Waals surface area contributed by atoms with E-state index in [0.29, 0.717) is 0 Å². The highest BCUT2D eigenvalue weighted by Gasteiger charge is 2.04. The molecule has 0 radical (unpaired) electrons. The van der Waals surface area contributed by atoms with Crippen molar-refractivity contribution in [2.45, 2.75) is 113 Å². The summed E-state index contributed by atoms with van der Waals surface area (Å²) in [6.07, 6.45) is 15.0. The summed E-state index contributed by atoms with van der Waals surface area (Å²) in [6, 6.07) is 10.3. The van der Waals surface area contributed by atoms with Gasteiger partial charge in [0.2, 0.25) is 0 Å². The van der Waals surface area contributed by atoms with Crippen LogP contribution in [0.15, 0.2) is 48.4 Å². The van der Waals surface area contributed by atoms with E-state index in [0.717, 1.165) is 53.7 Å². The quantitative estimate of drug-likeness (QED) is 0.222. The van der Waals surface area contributed by atoms with Crippen molar-refractivity contribution in [3.05, 3.63) is 65.2 Å². The molecular formula is C32H53NO2. The van der Waals surface area contributed by atoms with Crippen molar-refractivity contribution in [2.24, 2.45) is 5.92 Å². The third kappa shape index (κ3) is 16.9. The maximum Gasteiger partial charge on any atom is 0.137 e. The van der Waals surface area contributed by atoms with E-state index in [-0.39, 0.29) is 0 Å². The SMILES string of the molecule is CC/C=C(\C)Oc1ccc(CCc2ccc(OC)cn2)cc1C.CCCC.CCCCCC(C)C. The van der Waals surface area contributed by atoms with Gasteiger partial charge in [0.25, 0.3) is 0 Å². The van der Waals surface area contributed by atoms with Crippen LogP contribution in [0.5, 0.6) is 11.5 Å². The molecule has 0 aliphatic heterocycles. The first-order valence-electron chi connectivity index (χ1n) is 13.7. The molecule has 0 amide bonds. The van der Waals surface area contributed by atoms with E-state index in [1.165, 1.54) is 44.1 Å². The summed E-state index contributed by atoms with van der Waals surface area (Å²) in [6.45, 7) is 17.4. The molecule has 2 rings (SSSR count). The number of benzene rings is 1. The first-order valence-corrected chi connectivity index (χ1v) is 13.7. The summed E-state index contributed by atoms with van der Waals surface area (Å²) in [5, 5.41) is 0. The fraction of sp³-hybridized carbons (Fsp3) is 0.594. The Morgan fingerprint density at radius 3 is 2.14 bits per heavy atom. The maximum atomic E-state index is 5.86. The van der Waals surface area contributed by atoms with Gasteiger partial charge in [-0.2, -0.15) is 0 Å². The molecular weight excluding hydrogens is 430 g/mol. The number of ether oxygens (including phenoxy) is 2. The number of aryl methyl sites for hydroxylation is 3. The van der Waals surface area contributed by atoms with Crippen LogP contribution in [0, 0.1) is 12.8 Å². The number of unbranched alkanes of at least 4 members (excludes halogenated alkanes) is 3. The summed E-state index contributed by atoms with van der Waals surface area (Å²) >= 11 is 0. The van der Waals surface area contributed by atoms with Crippen molar-refractivity contribution in [3.8, 4) is 11.5 Å². The molecule has 1 aromatic heterocycles. The lowest BCUT2D eigenvalue weighted by atomic mass is 10.0. The molecule has 0 aliphatic rings. The molecule has 0 bridgehead atoms. The first-order chi connectivity index (χ1) is 16.8. The number of rotatable bonds is 12. The van der Waals surface area contributed by atoms with Gasteiger partial charge < -0.3 is 9.47 Å². The van der Waals surface area contributed by atoms with E-state index >= 15 is 0 Å². The Balaban J connectivity index is 0.000000801. The minimum atomic E-state index is 0.793. The monoisotopic (exact) mass is 483 g/mol. The number of nitrogens with zero attached hydrogens (tertiary/aromatic N) is 1. The second-order valence-electron chi connectivity index (χ2n) is 9.50. The van der Waals surface area contributed by atoms with Crippen LogP contribution in [0.25, 0.3) is 0 Å². The van der Waals surface area contributed by atoms with E-state index in [1.807, 2.05) is 19.1 Å². The second kappa shape index (κ2) is 21.0. The van der Waals surface area contributed by atoms with Crippen molar-refractivity contribution in [3.63, 3.8) is 0 Å². The van der Waals surface area contributed by atoms with Crippen molar-refractivity contribution < 1.29 is 9.47 Å². The lowest BCUT2D eigenvalue weighted by Crippen LogP contribution is -1.97. The van der Waals surface area contributed by atoms with Gasteiger partial charge in [0.05, 0.1) is 19.1 Å². The van der Waals surface area contributed by atoms with Crippen molar-refractivity contribution in [2.75, 3.05) is 7.11 Å². The van der Waals surface area contributed by atoms with Crippen LogP contribution in [0.3, 0.4) is 0 Å². The fourth-order valence-corrected chi connectivity index (χ4v) is 3.24. The topological polar surface area (TPSA) is 31.4 Å². The van der Waals surface area contributed by atoms with Crippen molar-refractivity contribution in [1.29, 1.82) is 0 Å². The molecule has 0 saturated heterocycles. The van der Waals surface area contributed by atoms with Crippen molar-refractivity contribution in [1.82, 2.24) is 4.98 Å². The lowest BCUT2D eigenvalue weighted by molar-refractivity contribution is 0.412. The molecule has 2 aromatic rings. The zero-order valence-electron chi connectivity index (χ0n) is 24.2. The molecule has 3 heteroatoms. The van der Waals surface area contributed by atoms with Gasteiger partial charge in [-0.15, -0.1) is 0 Å². The Kier molecular flexibility index (Phi) is 19.7. The van der Waals surface area contributed by atoms with E-state index < -0.39 is 0 Å². The Hall–Kier alpha value is -2.29. The average molecular weight is 484 g/mol. The number of hydrogen-bond acceptors (Lipinski definition) is 3. The molecule has 35 heavy (non-hydrogen) atoms. The van der Waals surface area contributed by atoms with E-state index in [9.17, 15) is 0 Å². The van der Waals surface area contributed by atoms with Gasteiger partial charge in [-0.05, 0) is 74.4 Å². The normalized spacial score (nSPS) is 10.7. The van der Waals surface area contributed by atoms with Gasteiger partial charge in [-0.25, -0.2) is 0 Å². The summed E-state index contributed by atoms with van der Waals surface area (Å²) in [5.74, 6) is 3.58. The Bertz CT molecular complexity index is 792. The highest BCUT2D eigenvalue weighted by Crippen LogP contribution is 2.22. The van der Waals surface area contributed by atoms with Crippen molar-refractivity contribution >= 4 is 0 Å². The summed E-state index contributed by atoms with van der Waals surface area (Å²) in [4.78, 5) is 4.41. The van der Waals surface area contributed by atoms with Gasteiger partial charge in [0, 0.05) is 5.69 Å². The number of hydrogen-bond donors (Lipinski definition) is 0. The number of pyridine rings is 1. The smallest absolute Gasteiger partial charge is 0.137 e. The van der Waals surface area contributed by atoms with E-state index in [1.54, 1.807) is 13.3 Å². The minimum Gasteiger partial charge on any atom is -0.495 e. The number of aromatic nitrogens is 1. The van der Waals surface area contributed by atoms with Crippen LogP contribution in [0.2, 0.25) is 0 Å². The van der Waals surface area contributed by atoms with E-state index in [4.69, 9.17) is 9.47 Å². The standard InChI is InChI=1S/C20H25NO2.C8H18.C4H10/c1-5-6-16(3)23-20-12-8-17(13-15(20)2)7-9-18-10-11-19(22-4)14-21-18;1-4-5-6-7-8(2)3;1-3-4-2/h6,8,10-14H,5,7,9H2,1-4H3;8H,4-7H2,1-3H3;3-4H2,1-2H3/b16-6+;;. The maximum absolute atomic E-state index is 5.86. The first kappa shape index (κ1) is 32.7. The van der Waals surface area contributed by atoms with E-state index in [2.05, 4.69) is 77.7 Å².